The normalized spacial score (nSPS) is 17.4. The second-order valence-electron chi connectivity index (χ2n) is 7.00. The van der Waals surface area contributed by atoms with Gasteiger partial charge in [0, 0.05) is 12.0 Å². The largest absolute Gasteiger partial charge is 0.455 e. The lowest BCUT2D eigenvalue weighted by Gasteiger charge is -2.37. The van der Waals surface area contributed by atoms with E-state index in [9.17, 15) is 31.1 Å². The Morgan fingerprint density at radius 2 is 1.48 bits per heavy atom. The summed E-state index contributed by atoms with van der Waals surface area (Å²) in [6, 6.07) is 1.48. The zero-order valence-corrected chi connectivity index (χ0v) is 14.8. The summed E-state index contributed by atoms with van der Waals surface area (Å²) in [6.07, 6.45) is -7.06. The van der Waals surface area contributed by atoms with Crippen molar-refractivity contribution in [3.63, 3.8) is 0 Å². The predicted molar refractivity (Wildman–Crippen MR) is 86.9 cm³/mol. The number of carbonyl (C=O) groups excluding carboxylic acids is 1. The smallest absolute Gasteiger partial charge is 0.416 e. The van der Waals surface area contributed by atoms with E-state index in [1.165, 1.54) is 6.92 Å². The van der Waals surface area contributed by atoms with Crippen molar-refractivity contribution in [1.82, 2.24) is 0 Å². The summed E-state index contributed by atoms with van der Waals surface area (Å²) >= 11 is 0. The molecule has 1 fully saturated rings. The van der Waals surface area contributed by atoms with Crippen LogP contribution in [0.1, 0.15) is 55.7 Å². The van der Waals surface area contributed by atoms with E-state index in [0.717, 1.165) is 6.42 Å². The van der Waals surface area contributed by atoms with Crippen molar-refractivity contribution in [3.8, 4) is 0 Å². The zero-order valence-electron chi connectivity index (χ0n) is 14.8. The number of alkyl halides is 6. The molecule has 0 atom stereocenters. The van der Waals surface area contributed by atoms with Crippen LogP contribution in [0, 0.1) is 0 Å². The summed E-state index contributed by atoms with van der Waals surface area (Å²) in [6.45, 7) is 4.91. The lowest BCUT2D eigenvalue weighted by atomic mass is 9.79. The van der Waals surface area contributed by atoms with Crippen LogP contribution >= 0.6 is 0 Å². The maximum Gasteiger partial charge on any atom is 0.416 e. The number of esters is 1. The Labute approximate surface area is 153 Å². The molecule has 1 aliphatic rings. The first-order chi connectivity index (χ1) is 12.3. The van der Waals surface area contributed by atoms with Crippen LogP contribution in [-0.2, 0) is 28.3 Å². The van der Waals surface area contributed by atoms with Crippen LogP contribution in [0.3, 0.4) is 0 Å². The van der Waals surface area contributed by atoms with Gasteiger partial charge in [0.15, 0.2) is 0 Å². The molecule has 0 heterocycles. The van der Waals surface area contributed by atoms with E-state index in [4.69, 9.17) is 4.74 Å². The lowest BCUT2D eigenvalue weighted by Crippen LogP contribution is -2.39. The van der Waals surface area contributed by atoms with Gasteiger partial charge in [-0.2, -0.15) is 26.3 Å². The average molecular weight is 394 g/mol. The molecule has 0 spiro atoms. The fourth-order valence-electron chi connectivity index (χ4n) is 3.29. The first kappa shape index (κ1) is 21.3. The molecule has 0 radical (unpaired) electrons. The summed E-state index contributed by atoms with van der Waals surface area (Å²) in [4.78, 5) is 12.0. The quantitative estimate of drug-likeness (QED) is 0.351. The van der Waals surface area contributed by atoms with E-state index >= 15 is 0 Å². The third-order valence-corrected chi connectivity index (χ3v) is 4.60. The van der Waals surface area contributed by atoms with Crippen molar-refractivity contribution in [2.75, 3.05) is 0 Å². The number of rotatable bonds is 4. The molecule has 0 N–H and O–H groups in total. The molecule has 8 heteroatoms. The van der Waals surface area contributed by atoms with Gasteiger partial charge in [-0.1, -0.05) is 13.0 Å². The standard InChI is InChI=1S/C19H20F6O2/c1-12(2)16(26)27-17(6-4-3-5-7-17)11-13-8-14(18(20,21)22)10-15(9-13)19(23,24)25/h8-10H,1,3-7,11H2,2H3. The molecule has 0 unspecified atom stereocenters. The van der Waals surface area contributed by atoms with Gasteiger partial charge in [-0.25, -0.2) is 4.79 Å². The van der Waals surface area contributed by atoms with Crippen LogP contribution in [0.25, 0.3) is 0 Å². The van der Waals surface area contributed by atoms with Crippen LogP contribution < -0.4 is 0 Å². The SMILES string of the molecule is C=C(C)C(=O)OC1(Cc2cc(C(F)(F)F)cc(C(F)(F)F)c2)CCCCC1. The van der Waals surface area contributed by atoms with Gasteiger partial charge in [0.05, 0.1) is 11.1 Å². The number of ether oxygens (including phenoxy) is 1. The topological polar surface area (TPSA) is 26.3 Å². The fraction of sp³-hybridized carbons (Fsp3) is 0.526. The molecule has 0 aromatic heterocycles. The van der Waals surface area contributed by atoms with Crippen LogP contribution in [-0.4, -0.2) is 11.6 Å². The first-order valence-corrected chi connectivity index (χ1v) is 8.50. The fourth-order valence-corrected chi connectivity index (χ4v) is 3.29. The Morgan fingerprint density at radius 3 is 1.89 bits per heavy atom. The Hall–Kier alpha value is -1.99. The van der Waals surface area contributed by atoms with Crippen molar-refractivity contribution in [2.24, 2.45) is 0 Å². The van der Waals surface area contributed by atoms with Gasteiger partial charge in [0.2, 0.25) is 0 Å². The van der Waals surface area contributed by atoms with Crippen LogP contribution in [0.4, 0.5) is 26.3 Å². The van der Waals surface area contributed by atoms with E-state index in [1.54, 1.807) is 0 Å². The van der Waals surface area contributed by atoms with Gasteiger partial charge in [-0.05, 0) is 56.4 Å². The van der Waals surface area contributed by atoms with Gasteiger partial charge >= 0.3 is 18.3 Å². The average Bonchev–Trinajstić information content (AvgIpc) is 2.53. The maximum absolute atomic E-state index is 13.1. The number of carbonyl (C=O) groups is 1. The number of hydrogen-bond acceptors (Lipinski definition) is 2. The van der Waals surface area contributed by atoms with Crippen molar-refractivity contribution < 1.29 is 35.9 Å². The molecular formula is C19H20F6O2. The molecule has 0 saturated heterocycles. The first-order valence-electron chi connectivity index (χ1n) is 8.50. The van der Waals surface area contributed by atoms with E-state index in [1.807, 2.05) is 0 Å². The molecule has 0 aliphatic heterocycles. The Balaban J connectivity index is 2.44. The third-order valence-electron chi connectivity index (χ3n) is 4.60. The third kappa shape index (κ3) is 5.49. The Morgan fingerprint density at radius 1 is 1.00 bits per heavy atom. The van der Waals surface area contributed by atoms with Crippen LogP contribution in [0.15, 0.2) is 30.4 Å². The van der Waals surface area contributed by atoms with Gasteiger partial charge in [-0.15, -0.1) is 0 Å². The van der Waals surface area contributed by atoms with Crippen molar-refractivity contribution >= 4 is 5.97 Å². The Bertz CT molecular complexity index is 680. The van der Waals surface area contributed by atoms with Gasteiger partial charge in [-0.3, -0.25) is 0 Å². The zero-order chi connectivity index (χ0) is 20.5. The molecule has 2 nitrogen and oxygen atoms in total. The molecule has 1 aliphatic carbocycles. The van der Waals surface area contributed by atoms with Gasteiger partial charge in [0.1, 0.15) is 5.60 Å². The number of hydrogen-bond donors (Lipinski definition) is 0. The summed E-state index contributed by atoms with van der Waals surface area (Å²) < 4.78 is 83.9. The highest BCUT2D eigenvalue weighted by molar-refractivity contribution is 5.87. The monoisotopic (exact) mass is 394 g/mol. The molecule has 1 aromatic carbocycles. The highest BCUT2D eigenvalue weighted by atomic mass is 19.4. The van der Waals surface area contributed by atoms with Crippen molar-refractivity contribution in [1.29, 1.82) is 0 Å². The molecule has 0 amide bonds. The van der Waals surface area contributed by atoms with Crippen molar-refractivity contribution in [2.45, 2.75) is 63.4 Å². The molecule has 2 rings (SSSR count). The number of halogens is 6. The van der Waals surface area contributed by atoms with Crippen LogP contribution in [0.2, 0.25) is 0 Å². The van der Waals surface area contributed by atoms with Crippen molar-refractivity contribution in [3.05, 3.63) is 47.0 Å². The molecule has 1 saturated carbocycles. The minimum absolute atomic E-state index is 0.0942. The van der Waals surface area contributed by atoms with E-state index in [2.05, 4.69) is 6.58 Å². The molecule has 0 bridgehead atoms. The second kappa shape index (κ2) is 7.56. The maximum atomic E-state index is 13.1. The summed E-state index contributed by atoms with van der Waals surface area (Å²) in [5, 5.41) is 0. The predicted octanol–water partition coefficient (Wildman–Crippen LogP) is 6.09. The lowest BCUT2D eigenvalue weighted by molar-refractivity contribution is -0.158. The highest BCUT2D eigenvalue weighted by Crippen LogP contribution is 2.40. The molecule has 150 valence electrons. The molecule has 1 aromatic rings. The Kier molecular flexibility index (Phi) is 5.97. The summed E-state index contributed by atoms with van der Waals surface area (Å²) in [7, 11) is 0. The minimum atomic E-state index is -4.91. The number of benzene rings is 1. The highest BCUT2D eigenvalue weighted by Gasteiger charge is 2.40. The minimum Gasteiger partial charge on any atom is -0.455 e. The van der Waals surface area contributed by atoms with E-state index in [-0.39, 0.29) is 23.6 Å². The summed E-state index contributed by atoms with van der Waals surface area (Å²) in [5.41, 5.74) is -3.90. The van der Waals surface area contributed by atoms with Gasteiger partial charge in [0.25, 0.3) is 0 Å². The van der Waals surface area contributed by atoms with E-state index < -0.39 is 35.0 Å². The molecular weight excluding hydrogens is 374 g/mol. The second-order valence-corrected chi connectivity index (χ2v) is 7.00. The van der Waals surface area contributed by atoms with Gasteiger partial charge < -0.3 is 4.74 Å². The molecule has 27 heavy (non-hydrogen) atoms. The summed E-state index contributed by atoms with van der Waals surface area (Å²) in [5.74, 6) is -0.695. The van der Waals surface area contributed by atoms with E-state index in [0.29, 0.717) is 37.8 Å². The van der Waals surface area contributed by atoms with Crippen LogP contribution in [0.5, 0.6) is 0 Å².